The number of likely N-dealkylation sites (N-methyl/N-ethyl adjacent to an activating group) is 1. The Labute approximate surface area is 324 Å². The molecule has 0 spiro atoms. The number of hydrogen-bond donors (Lipinski definition) is 2. The van der Waals surface area contributed by atoms with Gasteiger partial charge >= 0.3 is 11.9 Å². The molecule has 3 rings (SSSR count). The first-order valence-electron chi connectivity index (χ1n) is 17.8. The van der Waals surface area contributed by atoms with Crippen molar-refractivity contribution in [3.05, 3.63) is 68.2 Å². The van der Waals surface area contributed by atoms with Gasteiger partial charge in [0, 0.05) is 40.2 Å². The average molecular weight is 779 g/mol. The molecule has 2 amide bonds. The molecule has 3 atom stereocenters. The molecule has 0 aliphatic carbocycles. The molecule has 11 nitrogen and oxygen atoms in total. The molecule has 0 aromatic heterocycles. The molecule has 53 heavy (non-hydrogen) atoms. The van der Waals surface area contributed by atoms with E-state index in [9.17, 15) is 19.2 Å². The zero-order valence-electron chi connectivity index (χ0n) is 33.4. The smallest absolute Gasteiger partial charge is 0.331 e. The van der Waals surface area contributed by atoms with Crippen molar-refractivity contribution in [3.8, 4) is 0 Å². The maximum Gasteiger partial charge on any atom is 0.331 e. The Morgan fingerprint density at radius 1 is 0.698 bits per heavy atom. The van der Waals surface area contributed by atoms with Crippen LogP contribution in [0.4, 0.5) is 0 Å². The standard InChI is InChI=1S/C40H57Cl2N3O8/c1-37(2,3)50-21-31(35(48)52-39(7,8)9)43-33(46)24-14-23(28-19-45(13)20-29-27(28)17-26(41)18-30(29)42)15-25(16-24)34(47)44-32(22-51-38(4,5)6)36(49)53-40(10,11)12/h14-18,28,31-32H,19-22H2,1-13H3,(H,43,46)(H,44,47)/t28?,31-,32-/m0/s1. The summed E-state index contributed by atoms with van der Waals surface area (Å²) in [6, 6.07) is 5.99. The molecule has 1 heterocycles. The Morgan fingerprint density at radius 3 is 1.53 bits per heavy atom. The van der Waals surface area contributed by atoms with Crippen LogP contribution in [0.5, 0.6) is 0 Å². The van der Waals surface area contributed by atoms with E-state index in [2.05, 4.69) is 15.5 Å². The molecule has 1 unspecified atom stereocenters. The molecule has 2 N–H and O–H groups in total. The molecule has 294 valence electrons. The number of nitrogens with zero attached hydrogens (tertiary/aromatic N) is 1. The summed E-state index contributed by atoms with van der Waals surface area (Å²) in [5, 5.41) is 6.51. The van der Waals surface area contributed by atoms with E-state index in [0.717, 1.165) is 11.1 Å². The first-order chi connectivity index (χ1) is 24.1. The normalized spacial score (nSPS) is 16.6. The Bertz CT molecular complexity index is 1590. The highest BCUT2D eigenvalue weighted by Crippen LogP contribution is 2.39. The maximum absolute atomic E-state index is 14.1. The lowest BCUT2D eigenvalue weighted by Crippen LogP contribution is -2.48. The summed E-state index contributed by atoms with van der Waals surface area (Å²) >= 11 is 13.2. The monoisotopic (exact) mass is 777 g/mol. The van der Waals surface area contributed by atoms with Gasteiger partial charge in [0.05, 0.1) is 24.4 Å². The van der Waals surface area contributed by atoms with E-state index in [4.69, 9.17) is 42.1 Å². The molecule has 0 bridgehead atoms. The fourth-order valence-electron chi connectivity index (χ4n) is 5.48. The Hall–Kier alpha value is -3.22. The van der Waals surface area contributed by atoms with Crippen molar-refractivity contribution in [2.45, 2.75) is 130 Å². The van der Waals surface area contributed by atoms with Crippen LogP contribution in [0.25, 0.3) is 0 Å². The number of carbonyl (C=O) groups excluding carboxylic acids is 4. The minimum Gasteiger partial charge on any atom is -0.458 e. The predicted molar refractivity (Wildman–Crippen MR) is 207 cm³/mol. The topological polar surface area (TPSA) is 132 Å². The highest BCUT2D eigenvalue weighted by Gasteiger charge is 2.33. The van der Waals surface area contributed by atoms with Crippen LogP contribution in [0.1, 0.15) is 126 Å². The molecule has 1 aliphatic heterocycles. The first kappa shape index (κ1) is 44.2. The van der Waals surface area contributed by atoms with Gasteiger partial charge in [0.1, 0.15) is 11.2 Å². The summed E-state index contributed by atoms with van der Waals surface area (Å²) in [4.78, 5) is 57.0. The lowest BCUT2D eigenvalue weighted by molar-refractivity contribution is -0.161. The lowest BCUT2D eigenvalue weighted by atomic mass is 9.83. The van der Waals surface area contributed by atoms with E-state index in [1.165, 1.54) is 6.07 Å². The van der Waals surface area contributed by atoms with Crippen molar-refractivity contribution in [2.75, 3.05) is 26.8 Å². The van der Waals surface area contributed by atoms with E-state index < -0.39 is 58.2 Å². The van der Waals surface area contributed by atoms with E-state index in [1.54, 1.807) is 59.7 Å². The van der Waals surface area contributed by atoms with Crippen LogP contribution < -0.4 is 10.6 Å². The van der Waals surface area contributed by atoms with Crippen LogP contribution in [0.15, 0.2) is 30.3 Å². The van der Waals surface area contributed by atoms with Gasteiger partial charge < -0.3 is 34.5 Å². The highest BCUT2D eigenvalue weighted by molar-refractivity contribution is 6.35. The number of nitrogens with one attached hydrogen (secondary N) is 2. The van der Waals surface area contributed by atoms with Gasteiger partial charge in [-0.1, -0.05) is 23.2 Å². The van der Waals surface area contributed by atoms with Gasteiger partial charge in [-0.3, -0.25) is 9.59 Å². The average Bonchev–Trinajstić information content (AvgIpc) is 2.98. The molecule has 1 aliphatic rings. The van der Waals surface area contributed by atoms with Crippen molar-refractivity contribution < 1.29 is 38.1 Å². The van der Waals surface area contributed by atoms with Crippen LogP contribution in [0.2, 0.25) is 10.0 Å². The molecule has 2 aromatic rings. The molecule has 0 radical (unpaired) electrons. The van der Waals surface area contributed by atoms with Gasteiger partial charge in [-0.25, -0.2) is 9.59 Å². The van der Waals surface area contributed by atoms with E-state index >= 15 is 0 Å². The van der Waals surface area contributed by atoms with Crippen molar-refractivity contribution in [1.29, 1.82) is 0 Å². The minimum absolute atomic E-state index is 0.0969. The Morgan fingerprint density at radius 2 is 1.13 bits per heavy atom. The Kier molecular flexibility index (Phi) is 14.2. The van der Waals surface area contributed by atoms with Crippen LogP contribution in [-0.2, 0) is 35.1 Å². The van der Waals surface area contributed by atoms with Crippen LogP contribution in [0, 0.1) is 0 Å². The summed E-state index contributed by atoms with van der Waals surface area (Å²) in [6.07, 6.45) is 0. The van der Waals surface area contributed by atoms with Crippen molar-refractivity contribution in [3.63, 3.8) is 0 Å². The molecule has 0 saturated carbocycles. The van der Waals surface area contributed by atoms with Crippen molar-refractivity contribution in [2.24, 2.45) is 0 Å². The number of rotatable bonds is 11. The fourth-order valence-corrected chi connectivity index (χ4v) is 6.05. The maximum atomic E-state index is 14.1. The highest BCUT2D eigenvalue weighted by atomic mass is 35.5. The molecular weight excluding hydrogens is 721 g/mol. The van der Waals surface area contributed by atoms with E-state index in [1.807, 2.05) is 54.7 Å². The summed E-state index contributed by atoms with van der Waals surface area (Å²) in [5.41, 5.74) is -0.313. The van der Waals surface area contributed by atoms with Gasteiger partial charge in [0.25, 0.3) is 11.8 Å². The summed E-state index contributed by atoms with van der Waals surface area (Å²) in [6.45, 7) is 22.2. The lowest BCUT2D eigenvalue weighted by Gasteiger charge is -2.34. The number of amides is 2. The number of esters is 2. The van der Waals surface area contributed by atoms with Crippen LogP contribution in [-0.4, -0.2) is 89.9 Å². The number of fused-ring (bicyclic) bond motifs is 1. The van der Waals surface area contributed by atoms with Crippen LogP contribution in [0.3, 0.4) is 0 Å². The predicted octanol–water partition coefficient (Wildman–Crippen LogP) is 7.08. The number of ether oxygens (including phenoxy) is 4. The summed E-state index contributed by atoms with van der Waals surface area (Å²) in [5.74, 6) is -2.97. The second-order valence-corrected chi connectivity index (χ2v) is 18.4. The van der Waals surface area contributed by atoms with Gasteiger partial charge in [-0.15, -0.1) is 0 Å². The molecule has 0 fully saturated rings. The number of hydrogen-bond acceptors (Lipinski definition) is 9. The SMILES string of the molecule is CN1Cc2c(Cl)cc(Cl)cc2C(c2cc(C(=O)N[C@@H](COC(C)(C)C)C(=O)OC(C)(C)C)cc(C(=O)N[C@@H](COC(C)(C)C)C(=O)OC(C)(C)C)c2)C1. The number of benzene rings is 2. The second kappa shape index (κ2) is 17.1. The minimum atomic E-state index is -1.16. The number of carbonyl (C=O) groups is 4. The number of halogens is 2. The fraction of sp³-hybridized carbons (Fsp3) is 0.600. The zero-order chi connectivity index (χ0) is 40.3. The van der Waals surface area contributed by atoms with E-state index in [-0.39, 0.29) is 30.3 Å². The molecule has 2 aromatic carbocycles. The largest absolute Gasteiger partial charge is 0.458 e. The zero-order valence-corrected chi connectivity index (χ0v) is 34.9. The molecular formula is C40H57Cl2N3O8. The van der Waals surface area contributed by atoms with Gasteiger partial charge in [-0.05, 0) is 137 Å². The van der Waals surface area contributed by atoms with Crippen molar-refractivity contribution >= 4 is 47.0 Å². The molecule has 13 heteroatoms. The van der Waals surface area contributed by atoms with Crippen LogP contribution >= 0.6 is 23.2 Å². The summed E-state index contributed by atoms with van der Waals surface area (Å²) < 4.78 is 23.0. The third-order valence-electron chi connectivity index (χ3n) is 7.73. The molecule has 0 saturated heterocycles. The van der Waals surface area contributed by atoms with E-state index in [0.29, 0.717) is 28.7 Å². The second-order valence-electron chi connectivity index (χ2n) is 17.5. The Balaban J connectivity index is 2.14. The third kappa shape index (κ3) is 14.2. The van der Waals surface area contributed by atoms with Crippen molar-refractivity contribution in [1.82, 2.24) is 15.5 Å². The van der Waals surface area contributed by atoms with Gasteiger partial charge in [-0.2, -0.15) is 0 Å². The van der Waals surface area contributed by atoms with Gasteiger partial charge in [0.15, 0.2) is 12.1 Å². The summed E-state index contributed by atoms with van der Waals surface area (Å²) in [7, 11) is 1.95. The quantitative estimate of drug-likeness (QED) is 0.230. The first-order valence-corrected chi connectivity index (χ1v) is 18.5. The third-order valence-corrected chi connectivity index (χ3v) is 8.29. The van der Waals surface area contributed by atoms with Gasteiger partial charge in [0.2, 0.25) is 0 Å².